The molecule has 0 heterocycles. The molecule has 0 radical (unpaired) electrons. The highest BCUT2D eigenvalue weighted by molar-refractivity contribution is 6.09. The minimum Gasteiger partial charge on any atom is -0.462 e. The molecule has 7 heteroatoms. The Balaban J connectivity index is 1.98. The van der Waals surface area contributed by atoms with Crippen molar-refractivity contribution in [3.8, 4) is 6.07 Å². The Morgan fingerprint density at radius 1 is 1.17 bits per heavy atom. The van der Waals surface area contributed by atoms with Crippen molar-refractivity contribution < 1.29 is 18.7 Å². The second-order valence-corrected chi connectivity index (χ2v) is 6.45. The first kappa shape index (κ1) is 22.6. The van der Waals surface area contributed by atoms with Crippen LogP contribution in [0.2, 0.25) is 0 Å². The van der Waals surface area contributed by atoms with Crippen LogP contribution >= 0.6 is 0 Å². The van der Waals surface area contributed by atoms with Crippen LogP contribution in [0.25, 0.3) is 0 Å². The number of benzene rings is 2. The van der Waals surface area contributed by atoms with Gasteiger partial charge in [-0.1, -0.05) is 43.7 Å². The molecule has 0 fully saturated rings. The molecule has 0 aromatic heterocycles. The van der Waals surface area contributed by atoms with Crippen LogP contribution < -0.4 is 10.6 Å². The van der Waals surface area contributed by atoms with Crippen LogP contribution in [-0.4, -0.2) is 25.0 Å². The normalized spacial score (nSPS) is 10.8. The molecule has 156 valence electrons. The number of para-hydroxylation sites is 1. The Morgan fingerprint density at radius 3 is 2.63 bits per heavy atom. The van der Waals surface area contributed by atoms with E-state index in [-0.39, 0.29) is 22.6 Å². The largest absolute Gasteiger partial charge is 0.462 e. The molecule has 2 N–H and O–H groups in total. The monoisotopic (exact) mass is 409 g/mol. The highest BCUT2D eigenvalue weighted by Gasteiger charge is 2.16. The third-order valence-corrected chi connectivity index (χ3v) is 4.23. The highest BCUT2D eigenvalue weighted by Crippen LogP contribution is 2.17. The van der Waals surface area contributed by atoms with E-state index in [9.17, 15) is 19.2 Å². The van der Waals surface area contributed by atoms with Crippen molar-refractivity contribution in [2.45, 2.75) is 26.2 Å². The maximum atomic E-state index is 13.6. The lowest BCUT2D eigenvalue weighted by molar-refractivity contribution is -0.112. The summed E-state index contributed by atoms with van der Waals surface area (Å²) in [5, 5.41) is 14.7. The molecule has 0 unspecified atom stereocenters. The second-order valence-electron chi connectivity index (χ2n) is 6.45. The molecular formula is C23H24FN3O3. The van der Waals surface area contributed by atoms with Gasteiger partial charge < -0.3 is 15.4 Å². The van der Waals surface area contributed by atoms with E-state index < -0.39 is 11.9 Å². The van der Waals surface area contributed by atoms with Crippen molar-refractivity contribution in [1.82, 2.24) is 5.32 Å². The summed E-state index contributed by atoms with van der Waals surface area (Å²) in [7, 11) is 0. The predicted molar refractivity (Wildman–Crippen MR) is 112 cm³/mol. The molecule has 0 aliphatic carbocycles. The average molecular weight is 409 g/mol. The van der Waals surface area contributed by atoms with Crippen LogP contribution in [0.1, 0.15) is 35.7 Å². The average Bonchev–Trinajstić information content (AvgIpc) is 2.75. The number of hydrogen-bond acceptors (Lipinski definition) is 5. The molecule has 1 amide bonds. The number of ether oxygens (including phenoxy) is 1. The van der Waals surface area contributed by atoms with Gasteiger partial charge in [-0.15, -0.1) is 0 Å². The van der Waals surface area contributed by atoms with Crippen LogP contribution in [0.3, 0.4) is 0 Å². The van der Waals surface area contributed by atoms with Gasteiger partial charge in [-0.05, 0) is 36.6 Å². The van der Waals surface area contributed by atoms with E-state index in [0.717, 1.165) is 12.8 Å². The van der Waals surface area contributed by atoms with Crippen molar-refractivity contribution in [2.75, 3.05) is 18.5 Å². The molecule has 6 nitrogen and oxygen atoms in total. The number of nitriles is 1. The molecule has 0 saturated carbocycles. The van der Waals surface area contributed by atoms with Crippen molar-refractivity contribution in [2.24, 2.45) is 0 Å². The van der Waals surface area contributed by atoms with Crippen LogP contribution in [0.5, 0.6) is 0 Å². The second kappa shape index (κ2) is 12.0. The zero-order chi connectivity index (χ0) is 21.8. The summed E-state index contributed by atoms with van der Waals surface area (Å²) in [6, 6.07) is 14.7. The molecule has 0 aliphatic rings. The van der Waals surface area contributed by atoms with E-state index >= 15 is 0 Å². The summed E-state index contributed by atoms with van der Waals surface area (Å²) in [6.45, 7) is 2.63. The number of nitrogens with one attached hydrogen (secondary N) is 2. The standard InChI is InChI=1S/C23H24FN3O3/c1-2-3-14-30-23(29)19-9-5-7-11-21(19)27-22(28)18(15-25)16-26-13-12-17-8-4-6-10-20(17)24/h4-11,16,26H,2-3,12-14H2,1H3,(H,27,28)/b18-16-. The summed E-state index contributed by atoms with van der Waals surface area (Å²) in [6.07, 6.45) is 3.32. The van der Waals surface area contributed by atoms with Crippen LogP contribution in [0.4, 0.5) is 10.1 Å². The van der Waals surface area contributed by atoms with E-state index in [1.165, 1.54) is 12.3 Å². The number of amides is 1. The third kappa shape index (κ3) is 6.74. The summed E-state index contributed by atoms with van der Waals surface area (Å²) < 4.78 is 18.8. The van der Waals surface area contributed by atoms with Crippen molar-refractivity contribution in [3.05, 3.63) is 77.2 Å². The number of anilines is 1. The molecule has 0 spiro atoms. The molecule has 0 atom stereocenters. The van der Waals surface area contributed by atoms with Crippen molar-refractivity contribution in [3.63, 3.8) is 0 Å². The first-order valence-electron chi connectivity index (χ1n) is 9.71. The quantitative estimate of drug-likeness (QED) is 0.268. The van der Waals surface area contributed by atoms with Gasteiger partial charge in [0.25, 0.3) is 5.91 Å². The number of halogens is 1. The Kier molecular flexibility index (Phi) is 9.07. The van der Waals surface area contributed by atoms with Crippen LogP contribution in [0.15, 0.2) is 60.3 Å². The maximum Gasteiger partial charge on any atom is 0.340 e. The fraction of sp³-hybridized carbons (Fsp3) is 0.261. The molecule has 2 aromatic carbocycles. The summed E-state index contributed by atoms with van der Waals surface area (Å²) in [5.41, 5.74) is 0.845. The van der Waals surface area contributed by atoms with Gasteiger partial charge in [0.1, 0.15) is 17.5 Å². The number of carbonyl (C=O) groups is 2. The summed E-state index contributed by atoms with van der Waals surface area (Å²) in [4.78, 5) is 24.7. The van der Waals surface area contributed by atoms with Gasteiger partial charge >= 0.3 is 5.97 Å². The van der Waals surface area contributed by atoms with Gasteiger partial charge in [-0.3, -0.25) is 4.79 Å². The third-order valence-electron chi connectivity index (χ3n) is 4.23. The maximum absolute atomic E-state index is 13.6. The molecule has 0 saturated heterocycles. The Bertz CT molecular complexity index is 951. The number of nitrogens with zero attached hydrogens (tertiary/aromatic N) is 1. The van der Waals surface area contributed by atoms with Gasteiger partial charge in [-0.2, -0.15) is 5.26 Å². The van der Waals surface area contributed by atoms with E-state index in [1.54, 1.807) is 42.5 Å². The van der Waals surface area contributed by atoms with Crippen LogP contribution in [-0.2, 0) is 16.0 Å². The van der Waals surface area contributed by atoms with Gasteiger partial charge in [0.2, 0.25) is 0 Å². The molecule has 0 bridgehead atoms. The first-order chi connectivity index (χ1) is 14.6. The Labute approximate surface area is 175 Å². The minimum absolute atomic E-state index is 0.169. The van der Waals surface area contributed by atoms with Gasteiger partial charge in [-0.25, -0.2) is 9.18 Å². The molecule has 30 heavy (non-hydrogen) atoms. The zero-order valence-electron chi connectivity index (χ0n) is 16.8. The van der Waals surface area contributed by atoms with E-state index in [4.69, 9.17) is 4.74 Å². The minimum atomic E-state index is -0.662. The van der Waals surface area contributed by atoms with Gasteiger partial charge in [0.15, 0.2) is 0 Å². The molecule has 2 aromatic rings. The lowest BCUT2D eigenvalue weighted by Gasteiger charge is -2.10. The first-order valence-corrected chi connectivity index (χ1v) is 9.71. The van der Waals surface area contributed by atoms with Gasteiger partial charge in [0.05, 0.1) is 17.9 Å². The smallest absolute Gasteiger partial charge is 0.340 e. The predicted octanol–water partition coefficient (Wildman–Crippen LogP) is 3.96. The fourth-order valence-electron chi connectivity index (χ4n) is 2.58. The zero-order valence-corrected chi connectivity index (χ0v) is 16.8. The highest BCUT2D eigenvalue weighted by atomic mass is 19.1. The van der Waals surface area contributed by atoms with E-state index in [1.807, 2.05) is 13.0 Å². The number of hydrogen-bond donors (Lipinski definition) is 2. The SMILES string of the molecule is CCCCOC(=O)c1ccccc1NC(=O)/C(C#N)=C\NCCc1ccccc1F. The summed E-state index contributed by atoms with van der Waals surface area (Å²) >= 11 is 0. The number of rotatable bonds is 10. The molecule has 2 rings (SSSR count). The Morgan fingerprint density at radius 2 is 1.90 bits per heavy atom. The lowest BCUT2D eigenvalue weighted by Crippen LogP contribution is -2.20. The molecule has 0 aliphatic heterocycles. The van der Waals surface area contributed by atoms with Crippen molar-refractivity contribution >= 4 is 17.6 Å². The van der Waals surface area contributed by atoms with E-state index in [0.29, 0.717) is 25.1 Å². The number of esters is 1. The Hall–Kier alpha value is -3.66. The van der Waals surface area contributed by atoms with E-state index in [2.05, 4.69) is 10.6 Å². The number of carbonyl (C=O) groups excluding carboxylic acids is 2. The topological polar surface area (TPSA) is 91.2 Å². The van der Waals surface area contributed by atoms with Gasteiger partial charge in [0, 0.05) is 12.7 Å². The van der Waals surface area contributed by atoms with Crippen molar-refractivity contribution in [1.29, 1.82) is 5.26 Å². The van der Waals surface area contributed by atoms with Crippen LogP contribution in [0, 0.1) is 17.1 Å². The lowest BCUT2D eigenvalue weighted by atomic mass is 10.1. The molecular weight excluding hydrogens is 385 g/mol. The number of unbranched alkanes of at least 4 members (excludes halogenated alkanes) is 1. The fourth-order valence-corrected chi connectivity index (χ4v) is 2.58. The summed E-state index contributed by atoms with van der Waals surface area (Å²) in [5.74, 6) is -1.50.